The molecule has 0 radical (unpaired) electrons. The number of fused-ring (bicyclic) bond motifs is 5. The van der Waals surface area contributed by atoms with Gasteiger partial charge in [-0.2, -0.15) is 0 Å². The first-order valence-corrected chi connectivity index (χ1v) is 12.0. The van der Waals surface area contributed by atoms with Crippen LogP contribution in [0.2, 0.25) is 0 Å². The van der Waals surface area contributed by atoms with Crippen LogP contribution in [0.15, 0.2) is 23.3 Å². The van der Waals surface area contributed by atoms with Crippen molar-refractivity contribution >= 4 is 11.6 Å². The predicted octanol–water partition coefficient (Wildman–Crippen LogP) is 6.70. The van der Waals surface area contributed by atoms with E-state index in [1.807, 2.05) is 19.9 Å². The number of ketones is 2. The largest absolute Gasteiger partial charge is 0.299 e. The molecule has 2 nitrogen and oxygen atoms in total. The van der Waals surface area contributed by atoms with E-state index in [9.17, 15) is 9.59 Å². The van der Waals surface area contributed by atoms with Crippen LogP contribution in [0.5, 0.6) is 0 Å². The van der Waals surface area contributed by atoms with Crippen LogP contribution in [-0.4, -0.2) is 11.6 Å². The van der Waals surface area contributed by atoms with Gasteiger partial charge < -0.3 is 0 Å². The van der Waals surface area contributed by atoms with Gasteiger partial charge in [0.25, 0.3) is 0 Å². The topological polar surface area (TPSA) is 34.1 Å². The van der Waals surface area contributed by atoms with Gasteiger partial charge in [0, 0.05) is 19.3 Å². The normalized spacial score (nSPS) is 42.2. The van der Waals surface area contributed by atoms with Crippen molar-refractivity contribution in [2.45, 2.75) is 92.4 Å². The average molecular weight is 397 g/mol. The van der Waals surface area contributed by atoms with E-state index in [2.05, 4.69) is 26.8 Å². The lowest BCUT2D eigenvalue weighted by Crippen LogP contribution is -2.50. The Kier molecular flexibility index (Phi) is 5.45. The van der Waals surface area contributed by atoms with Gasteiger partial charge in [0.05, 0.1) is 0 Å². The third-order valence-corrected chi connectivity index (χ3v) is 9.67. The molecule has 7 atom stereocenters. The summed E-state index contributed by atoms with van der Waals surface area (Å²) in [6, 6.07) is 0. The molecule has 0 aliphatic heterocycles. The van der Waals surface area contributed by atoms with E-state index >= 15 is 0 Å². The number of hydrogen-bond acceptors (Lipinski definition) is 2. The van der Waals surface area contributed by atoms with Gasteiger partial charge in [-0.25, -0.2) is 0 Å². The van der Waals surface area contributed by atoms with Crippen LogP contribution < -0.4 is 0 Å². The van der Waals surface area contributed by atoms with Crippen LogP contribution in [0.3, 0.4) is 0 Å². The molecule has 0 heterocycles. The molecular formula is C27H40O2. The Morgan fingerprint density at radius 1 is 1.17 bits per heavy atom. The second-order valence-electron chi connectivity index (χ2n) is 11.6. The summed E-state index contributed by atoms with van der Waals surface area (Å²) in [5, 5.41) is 0. The van der Waals surface area contributed by atoms with Gasteiger partial charge in [0.1, 0.15) is 5.78 Å². The predicted molar refractivity (Wildman–Crippen MR) is 118 cm³/mol. The summed E-state index contributed by atoms with van der Waals surface area (Å²) in [6.45, 7) is 11.4. The fraction of sp³-hybridized carbons (Fsp3) is 0.778. The molecule has 3 fully saturated rings. The Bertz CT molecular complexity index is 754. The molecule has 4 aliphatic rings. The van der Waals surface area contributed by atoms with E-state index in [1.165, 1.54) is 37.7 Å². The zero-order valence-electron chi connectivity index (χ0n) is 19.2. The first-order chi connectivity index (χ1) is 13.6. The summed E-state index contributed by atoms with van der Waals surface area (Å²) in [6.07, 6.45) is 14.0. The second kappa shape index (κ2) is 7.50. The lowest BCUT2D eigenvalue weighted by Gasteiger charge is -2.58. The van der Waals surface area contributed by atoms with Gasteiger partial charge in [-0.1, -0.05) is 38.0 Å². The van der Waals surface area contributed by atoms with E-state index in [-0.39, 0.29) is 5.41 Å². The van der Waals surface area contributed by atoms with E-state index in [0.717, 1.165) is 36.2 Å². The van der Waals surface area contributed by atoms with E-state index < -0.39 is 0 Å². The Morgan fingerprint density at radius 2 is 1.93 bits per heavy atom. The van der Waals surface area contributed by atoms with Crippen LogP contribution in [-0.2, 0) is 9.59 Å². The van der Waals surface area contributed by atoms with E-state index in [1.54, 1.807) is 0 Å². The molecule has 0 aromatic heterocycles. The van der Waals surface area contributed by atoms with Crippen molar-refractivity contribution in [3.63, 3.8) is 0 Å². The Balaban J connectivity index is 1.54. The Hall–Kier alpha value is -1.18. The average Bonchev–Trinajstić information content (AvgIpc) is 2.99. The quantitative estimate of drug-likeness (QED) is 0.391. The molecule has 3 saturated carbocycles. The van der Waals surface area contributed by atoms with Gasteiger partial charge in [0.2, 0.25) is 0 Å². The number of Topliss-reactive ketones (excluding diaryl/α,β-unsaturated/α-hetero) is 1. The number of carbonyl (C=O) groups excluding carboxylic acids is 2. The fourth-order valence-electron chi connectivity index (χ4n) is 8.29. The monoisotopic (exact) mass is 396 g/mol. The molecule has 0 amide bonds. The van der Waals surface area contributed by atoms with Crippen LogP contribution in [0.1, 0.15) is 92.4 Å². The van der Waals surface area contributed by atoms with Crippen LogP contribution in [0.4, 0.5) is 0 Å². The second-order valence-corrected chi connectivity index (χ2v) is 11.6. The highest BCUT2D eigenvalue weighted by Gasteiger charge is 2.59. The molecule has 0 aromatic rings. The highest BCUT2D eigenvalue weighted by Crippen LogP contribution is 2.67. The fourth-order valence-corrected chi connectivity index (χ4v) is 8.29. The smallest absolute Gasteiger partial charge is 0.155 e. The summed E-state index contributed by atoms with van der Waals surface area (Å²) in [4.78, 5) is 24.5. The van der Waals surface area contributed by atoms with Gasteiger partial charge >= 0.3 is 0 Å². The van der Waals surface area contributed by atoms with E-state index in [0.29, 0.717) is 41.7 Å². The molecule has 0 bridgehead atoms. The van der Waals surface area contributed by atoms with Gasteiger partial charge in [-0.3, -0.25) is 9.59 Å². The van der Waals surface area contributed by atoms with Crippen molar-refractivity contribution in [3.05, 3.63) is 23.3 Å². The van der Waals surface area contributed by atoms with Crippen LogP contribution >= 0.6 is 0 Å². The Labute approximate surface area is 177 Å². The molecule has 0 saturated heterocycles. The highest BCUT2D eigenvalue weighted by molar-refractivity contribution is 5.90. The standard InChI is InChI=1S/C27H40O2/c1-17(2)14-21(29)15-18(3)23-8-9-24-22-7-6-19-16-20(28)10-12-26(19,4)25(22)11-13-27(23,24)5/h6,14,18,22-25H,7-13,15-16H2,1-5H3/t18-,22+,23-,24+,25+,26+,27-/m1/s1. The van der Waals surface area contributed by atoms with Crippen molar-refractivity contribution in [1.82, 2.24) is 0 Å². The van der Waals surface area contributed by atoms with Crippen molar-refractivity contribution in [2.24, 2.45) is 40.4 Å². The minimum absolute atomic E-state index is 0.265. The minimum atomic E-state index is 0.265. The molecule has 2 heteroatoms. The molecule has 0 N–H and O–H groups in total. The van der Waals surface area contributed by atoms with Gasteiger partial charge in [-0.05, 0) is 98.9 Å². The van der Waals surface area contributed by atoms with Crippen molar-refractivity contribution in [1.29, 1.82) is 0 Å². The molecular weight excluding hydrogens is 356 g/mol. The van der Waals surface area contributed by atoms with Gasteiger partial charge in [0.15, 0.2) is 5.78 Å². The van der Waals surface area contributed by atoms with E-state index in [4.69, 9.17) is 0 Å². The zero-order chi connectivity index (χ0) is 21.0. The minimum Gasteiger partial charge on any atom is -0.299 e. The van der Waals surface area contributed by atoms with Gasteiger partial charge in [-0.15, -0.1) is 0 Å². The maximum absolute atomic E-state index is 12.4. The summed E-state index contributed by atoms with van der Waals surface area (Å²) in [5.41, 5.74) is 3.23. The lowest BCUT2D eigenvalue weighted by molar-refractivity contribution is -0.123. The van der Waals surface area contributed by atoms with Crippen molar-refractivity contribution in [3.8, 4) is 0 Å². The summed E-state index contributed by atoms with van der Waals surface area (Å²) in [5.74, 6) is 4.23. The highest BCUT2D eigenvalue weighted by atomic mass is 16.1. The lowest BCUT2D eigenvalue weighted by atomic mass is 9.47. The summed E-state index contributed by atoms with van der Waals surface area (Å²) >= 11 is 0. The summed E-state index contributed by atoms with van der Waals surface area (Å²) < 4.78 is 0. The number of allylic oxidation sites excluding steroid dienone is 4. The zero-order valence-corrected chi connectivity index (χ0v) is 19.2. The van der Waals surface area contributed by atoms with Crippen molar-refractivity contribution in [2.75, 3.05) is 0 Å². The molecule has 0 spiro atoms. The first-order valence-electron chi connectivity index (χ1n) is 12.0. The molecule has 4 rings (SSSR count). The third-order valence-electron chi connectivity index (χ3n) is 9.67. The molecule has 29 heavy (non-hydrogen) atoms. The molecule has 0 aromatic carbocycles. The number of carbonyl (C=O) groups is 2. The first kappa shape index (κ1) is 21.1. The molecule has 0 unspecified atom stereocenters. The van der Waals surface area contributed by atoms with Crippen LogP contribution in [0, 0.1) is 40.4 Å². The maximum Gasteiger partial charge on any atom is 0.155 e. The number of hydrogen-bond donors (Lipinski definition) is 0. The molecule has 160 valence electrons. The summed E-state index contributed by atoms with van der Waals surface area (Å²) in [7, 11) is 0. The molecule has 4 aliphatic carbocycles. The maximum atomic E-state index is 12.4. The SMILES string of the molecule is CC(C)=CC(=O)C[C@@H](C)[C@H]1CC[C@H]2[C@@H]3CC=C4CC(=O)CC[C@]4(C)[C@H]3CC[C@]12C. The Morgan fingerprint density at radius 3 is 2.66 bits per heavy atom. The third kappa shape index (κ3) is 3.49. The number of rotatable bonds is 4. The van der Waals surface area contributed by atoms with Crippen molar-refractivity contribution < 1.29 is 9.59 Å². The van der Waals surface area contributed by atoms with Crippen LogP contribution in [0.25, 0.3) is 0 Å².